The van der Waals surface area contributed by atoms with Gasteiger partial charge in [0.2, 0.25) is 5.95 Å². The van der Waals surface area contributed by atoms with Crippen LogP contribution in [0, 0.1) is 11.6 Å². The molecule has 0 spiro atoms. The molecular formula is C23H16F2N6O4. The molecule has 0 unspecified atom stereocenters. The van der Waals surface area contributed by atoms with Gasteiger partial charge in [-0.25, -0.2) is 23.5 Å². The summed E-state index contributed by atoms with van der Waals surface area (Å²) in [6.45, 7) is -0.455. The van der Waals surface area contributed by atoms with Gasteiger partial charge in [0.1, 0.15) is 24.2 Å². The van der Waals surface area contributed by atoms with Gasteiger partial charge in [-0.3, -0.25) is 18.5 Å². The third kappa shape index (κ3) is 3.25. The molecule has 6 rings (SSSR count). The number of aliphatic carboxylic acids is 1. The van der Waals surface area contributed by atoms with Gasteiger partial charge in [-0.15, -0.1) is 0 Å². The number of carboxylic acid groups (broad SMARTS) is 1. The number of hydrogen-bond donors (Lipinski definition) is 1. The van der Waals surface area contributed by atoms with Crippen LogP contribution in [-0.4, -0.2) is 46.3 Å². The van der Waals surface area contributed by atoms with Crippen LogP contribution in [0.4, 0.5) is 8.78 Å². The molecule has 176 valence electrons. The summed E-state index contributed by atoms with van der Waals surface area (Å²) in [5.41, 5.74) is 1.11. The molecule has 1 N–H and O–H groups in total. The molecule has 0 saturated heterocycles. The second kappa shape index (κ2) is 7.72. The van der Waals surface area contributed by atoms with Crippen molar-refractivity contribution in [3.8, 4) is 11.7 Å². The van der Waals surface area contributed by atoms with Crippen molar-refractivity contribution < 1.29 is 23.4 Å². The first-order valence-corrected chi connectivity index (χ1v) is 10.7. The van der Waals surface area contributed by atoms with Crippen molar-refractivity contribution in [2.75, 3.05) is 6.61 Å². The third-order valence-electron chi connectivity index (χ3n) is 6.02. The number of aromatic nitrogens is 6. The molecule has 35 heavy (non-hydrogen) atoms. The van der Waals surface area contributed by atoms with Crippen LogP contribution in [0.5, 0.6) is 5.75 Å². The smallest absolute Gasteiger partial charge is 0.331 e. The lowest BCUT2D eigenvalue weighted by atomic mass is 10.00. The number of ether oxygens (including phenoxy) is 1. The highest BCUT2D eigenvalue weighted by molar-refractivity contribution is 5.78. The van der Waals surface area contributed by atoms with E-state index in [2.05, 4.69) is 15.0 Å². The molecule has 0 bridgehead atoms. The molecule has 0 fully saturated rings. The zero-order chi connectivity index (χ0) is 24.3. The predicted molar refractivity (Wildman–Crippen MR) is 119 cm³/mol. The zero-order valence-electron chi connectivity index (χ0n) is 17.9. The topological polar surface area (TPSA) is 117 Å². The lowest BCUT2D eigenvalue weighted by molar-refractivity contribution is -0.137. The van der Waals surface area contributed by atoms with Crippen LogP contribution in [0.15, 0.2) is 53.7 Å². The number of benzene rings is 2. The second-order valence-electron chi connectivity index (χ2n) is 8.07. The van der Waals surface area contributed by atoms with Crippen LogP contribution in [0.1, 0.15) is 18.0 Å². The fraction of sp³-hybridized carbons (Fsp3) is 0.174. The maximum absolute atomic E-state index is 14.4. The molecule has 3 aromatic heterocycles. The van der Waals surface area contributed by atoms with E-state index in [1.54, 1.807) is 6.07 Å². The Bertz CT molecular complexity index is 1710. The highest BCUT2D eigenvalue weighted by Crippen LogP contribution is 2.37. The number of carbonyl (C=O) groups is 1. The molecule has 12 heteroatoms. The van der Waals surface area contributed by atoms with E-state index in [4.69, 9.17) is 4.74 Å². The van der Waals surface area contributed by atoms with Gasteiger partial charge in [0.15, 0.2) is 17.2 Å². The summed E-state index contributed by atoms with van der Waals surface area (Å²) in [5.74, 6) is -2.09. The Morgan fingerprint density at radius 2 is 2.03 bits per heavy atom. The van der Waals surface area contributed by atoms with Gasteiger partial charge >= 0.3 is 11.7 Å². The summed E-state index contributed by atoms with van der Waals surface area (Å²) in [5, 5.41) is 9.39. The molecule has 0 amide bonds. The molecule has 4 heterocycles. The number of fused-ring (bicyclic) bond motifs is 3. The van der Waals surface area contributed by atoms with Crippen LogP contribution in [0.25, 0.3) is 28.1 Å². The third-order valence-corrected chi connectivity index (χ3v) is 6.02. The van der Waals surface area contributed by atoms with Crippen LogP contribution >= 0.6 is 0 Å². The molecule has 1 aliphatic rings. The summed E-state index contributed by atoms with van der Waals surface area (Å²) in [6, 6.07) is 7.88. The normalized spacial score (nSPS) is 15.3. The Labute approximate surface area is 194 Å². The van der Waals surface area contributed by atoms with E-state index >= 15 is 0 Å². The van der Waals surface area contributed by atoms with E-state index in [0.29, 0.717) is 23.0 Å². The lowest BCUT2D eigenvalue weighted by Gasteiger charge is -2.26. The second-order valence-corrected chi connectivity index (χ2v) is 8.07. The monoisotopic (exact) mass is 478 g/mol. The number of imidazole rings is 2. The van der Waals surface area contributed by atoms with E-state index in [1.807, 2.05) is 0 Å². The van der Waals surface area contributed by atoms with E-state index < -0.39 is 35.9 Å². The van der Waals surface area contributed by atoms with Gasteiger partial charge in [-0.1, -0.05) is 12.1 Å². The molecule has 5 aromatic rings. The number of nitrogens with zero attached hydrogens (tertiary/aromatic N) is 6. The van der Waals surface area contributed by atoms with Crippen molar-refractivity contribution in [2.45, 2.75) is 19.0 Å². The predicted octanol–water partition coefficient (Wildman–Crippen LogP) is 2.67. The Morgan fingerprint density at radius 3 is 2.86 bits per heavy atom. The molecule has 2 aromatic carbocycles. The van der Waals surface area contributed by atoms with E-state index in [-0.39, 0.29) is 29.5 Å². The number of para-hydroxylation sites is 1. The van der Waals surface area contributed by atoms with Gasteiger partial charge in [0.25, 0.3) is 0 Å². The Balaban J connectivity index is 1.62. The van der Waals surface area contributed by atoms with Gasteiger partial charge in [0.05, 0.1) is 29.9 Å². The molecule has 0 radical (unpaired) electrons. The fourth-order valence-corrected chi connectivity index (χ4v) is 4.51. The van der Waals surface area contributed by atoms with Crippen LogP contribution in [0.3, 0.4) is 0 Å². The number of carboxylic acids is 1. The summed E-state index contributed by atoms with van der Waals surface area (Å²) in [6.07, 6.45) is 3.11. The van der Waals surface area contributed by atoms with Crippen molar-refractivity contribution in [3.05, 3.63) is 76.6 Å². The summed E-state index contributed by atoms with van der Waals surface area (Å²) >= 11 is 0. The van der Waals surface area contributed by atoms with Gasteiger partial charge in [0, 0.05) is 18.1 Å². The summed E-state index contributed by atoms with van der Waals surface area (Å²) in [7, 11) is 0. The lowest BCUT2D eigenvalue weighted by Crippen LogP contribution is -2.32. The maximum atomic E-state index is 14.4. The van der Waals surface area contributed by atoms with E-state index in [9.17, 15) is 23.5 Å². The summed E-state index contributed by atoms with van der Waals surface area (Å²) in [4.78, 5) is 38.1. The molecular weight excluding hydrogens is 462 g/mol. The number of hydrogen-bond acceptors (Lipinski definition) is 6. The SMILES string of the molecule is O=C(O)Cn1c(=O)n([C@@H]2CCOc3c(F)cccc32)c2nc(-n3cnc4ccc(F)cc43)ncc21. The molecule has 0 aliphatic carbocycles. The largest absolute Gasteiger partial charge is 0.490 e. The minimum atomic E-state index is -1.22. The minimum Gasteiger partial charge on any atom is -0.490 e. The average Bonchev–Trinajstić information content (AvgIpc) is 3.37. The van der Waals surface area contributed by atoms with Crippen molar-refractivity contribution in [2.24, 2.45) is 0 Å². The molecule has 1 aliphatic heterocycles. The van der Waals surface area contributed by atoms with Gasteiger partial charge in [-0.2, -0.15) is 4.98 Å². The van der Waals surface area contributed by atoms with E-state index in [0.717, 1.165) is 4.57 Å². The first kappa shape index (κ1) is 21.0. The van der Waals surface area contributed by atoms with Crippen molar-refractivity contribution in [1.82, 2.24) is 28.7 Å². The number of rotatable bonds is 4. The Kier molecular flexibility index (Phi) is 4.62. The zero-order valence-corrected chi connectivity index (χ0v) is 17.9. The van der Waals surface area contributed by atoms with Crippen LogP contribution in [-0.2, 0) is 11.3 Å². The standard InChI is InChI=1S/C23H16F2N6O4/c24-12-4-5-15-17(8-12)30(11-27-15)22-26-9-18-21(28-22)31(23(34)29(18)10-19(32)33)16-6-7-35-20-13(16)2-1-3-14(20)25/h1-5,8-9,11,16H,6-7,10H2,(H,32,33)/t16-/m1/s1. The van der Waals surface area contributed by atoms with E-state index in [1.165, 1.54) is 52.0 Å². The van der Waals surface area contributed by atoms with Gasteiger partial charge in [-0.05, 0) is 18.2 Å². The average molecular weight is 478 g/mol. The highest BCUT2D eigenvalue weighted by Gasteiger charge is 2.30. The first-order valence-electron chi connectivity index (χ1n) is 10.7. The van der Waals surface area contributed by atoms with Crippen molar-refractivity contribution >= 4 is 28.2 Å². The number of halogens is 2. The highest BCUT2D eigenvalue weighted by atomic mass is 19.1. The summed E-state index contributed by atoms with van der Waals surface area (Å²) < 4.78 is 37.7. The van der Waals surface area contributed by atoms with Gasteiger partial charge < -0.3 is 9.84 Å². The first-order chi connectivity index (χ1) is 16.9. The van der Waals surface area contributed by atoms with Crippen molar-refractivity contribution in [3.63, 3.8) is 0 Å². The molecule has 10 nitrogen and oxygen atoms in total. The fourth-order valence-electron chi connectivity index (χ4n) is 4.51. The molecule has 0 saturated carbocycles. The Hall–Kier alpha value is -4.61. The molecule has 1 atom stereocenters. The van der Waals surface area contributed by atoms with Crippen molar-refractivity contribution in [1.29, 1.82) is 0 Å². The Morgan fingerprint density at radius 1 is 1.17 bits per heavy atom. The van der Waals surface area contributed by atoms with Crippen LogP contribution in [0.2, 0.25) is 0 Å². The maximum Gasteiger partial charge on any atom is 0.331 e. The quantitative estimate of drug-likeness (QED) is 0.422. The minimum absolute atomic E-state index is 0.0418. The van der Waals surface area contributed by atoms with Crippen LogP contribution < -0.4 is 10.4 Å².